The highest BCUT2D eigenvalue weighted by Gasteiger charge is 2.14. The van der Waals surface area contributed by atoms with E-state index in [4.69, 9.17) is 9.47 Å². The van der Waals surface area contributed by atoms with Gasteiger partial charge >= 0.3 is 11.9 Å². The molecule has 1 rings (SSSR count). The lowest BCUT2D eigenvalue weighted by Crippen LogP contribution is -2.22. The van der Waals surface area contributed by atoms with Crippen LogP contribution in [0.15, 0.2) is 24.3 Å². The average molecular weight is 279 g/mol. The van der Waals surface area contributed by atoms with E-state index in [1.54, 1.807) is 38.1 Å². The summed E-state index contributed by atoms with van der Waals surface area (Å²) in [5.74, 6) is -1.49. The van der Waals surface area contributed by atoms with Gasteiger partial charge in [0, 0.05) is 6.42 Å². The molecule has 1 N–H and O–H groups in total. The van der Waals surface area contributed by atoms with Crippen molar-refractivity contribution in [3.63, 3.8) is 0 Å². The highest BCUT2D eigenvalue weighted by Crippen LogP contribution is 2.16. The molecule has 6 nitrogen and oxygen atoms in total. The SMILES string of the molecule is CCOC(=O)c1ccccc1NC(=O)COC(=O)CC. The van der Waals surface area contributed by atoms with Crippen molar-refractivity contribution in [1.82, 2.24) is 0 Å². The molecule has 6 heteroatoms. The Hall–Kier alpha value is -2.37. The summed E-state index contributed by atoms with van der Waals surface area (Å²) in [5, 5.41) is 2.51. The van der Waals surface area contributed by atoms with Crippen LogP contribution in [0, 0.1) is 0 Å². The Labute approximate surface area is 117 Å². The Balaban J connectivity index is 2.69. The molecule has 0 saturated carbocycles. The number of rotatable bonds is 6. The standard InChI is InChI=1S/C14H17NO5/c1-3-13(17)20-9-12(16)15-11-8-6-5-7-10(11)14(18)19-4-2/h5-8H,3-4,9H2,1-2H3,(H,15,16). The summed E-state index contributed by atoms with van der Waals surface area (Å²) in [6.07, 6.45) is 0.201. The van der Waals surface area contributed by atoms with Crippen LogP contribution in [-0.2, 0) is 19.1 Å². The number of anilines is 1. The lowest BCUT2D eigenvalue weighted by molar-refractivity contribution is -0.146. The number of nitrogens with one attached hydrogen (secondary N) is 1. The number of carbonyl (C=O) groups is 3. The molecule has 0 spiro atoms. The second-order valence-electron chi connectivity index (χ2n) is 3.83. The Kier molecular flexibility index (Phi) is 6.22. The van der Waals surface area contributed by atoms with E-state index in [1.165, 1.54) is 0 Å². The van der Waals surface area contributed by atoms with E-state index in [2.05, 4.69) is 5.32 Å². The second-order valence-corrected chi connectivity index (χ2v) is 3.83. The van der Waals surface area contributed by atoms with E-state index in [0.717, 1.165) is 0 Å². The van der Waals surface area contributed by atoms with Crippen molar-refractivity contribution in [1.29, 1.82) is 0 Å². The Bertz CT molecular complexity index is 498. The van der Waals surface area contributed by atoms with E-state index >= 15 is 0 Å². The predicted octanol–water partition coefficient (Wildman–Crippen LogP) is 1.75. The second kappa shape index (κ2) is 7.93. The number of amides is 1. The summed E-state index contributed by atoms with van der Waals surface area (Å²) in [5.41, 5.74) is 0.577. The van der Waals surface area contributed by atoms with Gasteiger partial charge in [0.05, 0.1) is 17.9 Å². The van der Waals surface area contributed by atoms with Gasteiger partial charge in [0.25, 0.3) is 5.91 Å². The number of esters is 2. The van der Waals surface area contributed by atoms with Crippen molar-refractivity contribution in [2.45, 2.75) is 20.3 Å². The van der Waals surface area contributed by atoms with Crippen LogP contribution < -0.4 is 5.32 Å². The lowest BCUT2D eigenvalue weighted by Gasteiger charge is -2.10. The first-order chi connectivity index (χ1) is 9.58. The summed E-state index contributed by atoms with van der Waals surface area (Å²) >= 11 is 0. The number of hydrogen-bond acceptors (Lipinski definition) is 5. The van der Waals surface area contributed by atoms with E-state index in [9.17, 15) is 14.4 Å². The van der Waals surface area contributed by atoms with E-state index in [-0.39, 0.29) is 25.2 Å². The monoisotopic (exact) mass is 279 g/mol. The van der Waals surface area contributed by atoms with Crippen molar-refractivity contribution in [2.24, 2.45) is 0 Å². The molecule has 0 radical (unpaired) electrons. The molecular weight excluding hydrogens is 262 g/mol. The number of para-hydroxylation sites is 1. The molecule has 20 heavy (non-hydrogen) atoms. The average Bonchev–Trinajstić information content (AvgIpc) is 2.45. The topological polar surface area (TPSA) is 81.7 Å². The smallest absolute Gasteiger partial charge is 0.340 e. The van der Waals surface area contributed by atoms with Gasteiger partial charge in [-0.3, -0.25) is 9.59 Å². The van der Waals surface area contributed by atoms with Crippen LogP contribution in [0.3, 0.4) is 0 Å². The van der Waals surface area contributed by atoms with Crippen molar-refractivity contribution < 1.29 is 23.9 Å². The Morgan fingerprint density at radius 1 is 1.10 bits per heavy atom. The minimum atomic E-state index is -0.519. The zero-order valence-electron chi connectivity index (χ0n) is 11.5. The van der Waals surface area contributed by atoms with Crippen LogP contribution in [0.2, 0.25) is 0 Å². The van der Waals surface area contributed by atoms with Gasteiger partial charge in [-0.05, 0) is 19.1 Å². The molecule has 0 unspecified atom stereocenters. The minimum Gasteiger partial charge on any atom is -0.462 e. The van der Waals surface area contributed by atoms with Crippen molar-refractivity contribution in [3.8, 4) is 0 Å². The third-order valence-corrected chi connectivity index (χ3v) is 2.35. The molecule has 0 aliphatic heterocycles. The molecule has 1 amide bonds. The first-order valence-corrected chi connectivity index (χ1v) is 6.30. The van der Waals surface area contributed by atoms with Gasteiger partial charge < -0.3 is 14.8 Å². The largest absolute Gasteiger partial charge is 0.462 e. The first-order valence-electron chi connectivity index (χ1n) is 6.30. The summed E-state index contributed by atoms with van der Waals surface area (Å²) in [6.45, 7) is 3.19. The van der Waals surface area contributed by atoms with Gasteiger partial charge in [0.15, 0.2) is 6.61 Å². The fourth-order valence-electron chi connectivity index (χ4n) is 1.41. The predicted molar refractivity (Wildman–Crippen MR) is 72.3 cm³/mol. The normalized spacial score (nSPS) is 9.70. The van der Waals surface area contributed by atoms with Gasteiger partial charge in [0.2, 0.25) is 0 Å². The maximum atomic E-state index is 11.7. The minimum absolute atomic E-state index is 0.201. The van der Waals surface area contributed by atoms with Gasteiger partial charge in [-0.2, -0.15) is 0 Å². The summed E-state index contributed by atoms with van der Waals surface area (Å²) in [7, 11) is 0. The Morgan fingerprint density at radius 2 is 1.80 bits per heavy atom. The quantitative estimate of drug-likeness (QED) is 0.802. The van der Waals surface area contributed by atoms with Crippen LogP contribution in [-0.4, -0.2) is 31.1 Å². The van der Waals surface area contributed by atoms with Crippen molar-refractivity contribution in [3.05, 3.63) is 29.8 Å². The van der Waals surface area contributed by atoms with E-state index < -0.39 is 17.8 Å². The van der Waals surface area contributed by atoms with E-state index in [0.29, 0.717) is 5.69 Å². The summed E-state index contributed by atoms with van der Waals surface area (Å²) in [6, 6.07) is 6.47. The maximum Gasteiger partial charge on any atom is 0.340 e. The van der Waals surface area contributed by atoms with Gasteiger partial charge in [-0.15, -0.1) is 0 Å². The van der Waals surface area contributed by atoms with Crippen LogP contribution in [0.25, 0.3) is 0 Å². The van der Waals surface area contributed by atoms with E-state index in [1.807, 2.05) is 0 Å². The molecule has 0 atom stereocenters. The molecule has 1 aromatic rings. The summed E-state index contributed by atoms with van der Waals surface area (Å²) in [4.78, 5) is 34.3. The molecule has 0 heterocycles. The van der Waals surface area contributed by atoms with Crippen LogP contribution >= 0.6 is 0 Å². The summed E-state index contributed by atoms with van der Waals surface area (Å²) < 4.78 is 9.60. The molecular formula is C14H17NO5. The van der Waals surface area contributed by atoms with Crippen molar-refractivity contribution >= 4 is 23.5 Å². The van der Waals surface area contributed by atoms with Gasteiger partial charge in [-0.1, -0.05) is 19.1 Å². The number of hydrogen-bond donors (Lipinski definition) is 1. The Morgan fingerprint density at radius 3 is 2.45 bits per heavy atom. The molecule has 0 bridgehead atoms. The number of benzene rings is 1. The molecule has 0 aromatic heterocycles. The fraction of sp³-hybridized carbons (Fsp3) is 0.357. The lowest BCUT2D eigenvalue weighted by atomic mass is 10.2. The molecule has 0 fully saturated rings. The third kappa shape index (κ3) is 4.72. The maximum absolute atomic E-state index is 11.7. The van der Waals surface area contributed by atoms with Crippen LogP contribution in [0.5, 0.6) is 0 Å². The van der Waals surface area contributed by atoms with Crippen LogP contribution in [0.1, 0.15) is 30.6 Å². The highest BCUT2D eigenvalue weighted by molar-refractivity contribution is 6.01. The zero-order valence-corrected chi connectivity index (χ0v) is 11.5. The molecule has 108 valence electrons. The number of ether oxygens (including phenoxy) is 2. The first kappa shape index (κ1) is 15.7. The fourth-order valence-corrected chi connectivity index (χ4v) is 1.41. The van der Waals surface area contributed by atoms with Crippen LogP contribution in [0.4, 0.5) is 5.69 Å². The highest BCUT2D eigenvalue weighted by atomic mass is 16.5. The third-order valence-electron chi connectivity index (χ3n) is 2.35. The van der Waals surface area contributed by atoms with Gasteiger partial charge in [0.1, 0.15) is 0 Å². The molecule has 0 aliphatic carbocycles. The molecule has 0 aliphatic rings. The molecule has 1 aromatic carbocycles. The van der Waals surface area contributed by atoms with Gasteiger partial charge in [-0.25, -0.2) is 4.79 Å². The zero-order chi connectivity index (χ0) is 15.0. The molecule has 0 saturated heterocycles. The number of carbonyl (C=O) groups excluding carboxylic acids is 3. The van der Waals surface area contributed by atoms with Crippen molar-refractivity contribution in [2.75, 3.05) is 18.5 Å².